The van der Waals surface area contributed by atoms with Gasteiger partial charge in [-0.2, -0.15) is 0 Å². The Hall–Kier alpha value is -2.40. The summed E-state index contributed by atoms with van der Waals surface area (Å²) in [4.78, 5) is 0. The molecule has 5 nitrogen and oxygen atoms in total. The van der Waals surface area contributed by atoms with Crippen LogP contribution in [-0.2, 0) is 12.8 Å². The Bertz CT molecular complexity index is 657. The lowest BCUT2D eigenvalue weighted by atomic mass is 9.98. The van der Waals surface area contributed by atoms with Crippen LogP contribution in [0.3, 0.4) is 0 Å². The van der Waals surface area contributed by atoms with Crippen LogP contribution in [0.2, 0.25) is 0 Å². The van der Waals surface area contributed by atoms with Crippen LogP contribution in [0.1, 0.15) is 11.1 Å². The molecule has 0 bridgehead atoms. The first-order valence-electron chi connectivity index (χ1n) is 7.76. The van der Waals surface area contributed by atoms with Crippen LogP contribution in [0.5, 0.6) is 23.0 Å². The van der Waals surface area contributed by atoms with Crippen LogP contribution >= 0.6 is 0 Å². The Balaban J connectivity index is 1.46. The van der Waals surface area contributed by atoms with Crippen molar-refractivity contribution in [1.82, 2.24) is 5.32 Å². The van der Waals surface area contributed by atoms with E-state index in [1.165, 1.54) is 11.1 Å². The fourth-order valence-electron chi connectivity index (χ4n) is 2.98. The predicted octanol–water partition coefficient (Wildman–Crippen LogP) is 2.52. The number of nitrogens with one attached hydrogen (secondary N) is 1. The van der Waals surface area contributed by atoms with E-state index in [1.54, 1.807) is 0 Å². The monoisotopic (exact) mass is 313 g/mol. The van der Waals surface area contributed by atoms with E-state index in [2.05, 4.69) is 29.6 Å². The molecule has 0 radical (unpaired) electrons. The Morgan fingerprint density at radius 1 is 0.783 bits per heavy atom. The lowest BCUT2D eigenvalue weighted by Crippen LogP contribution is -2.29. The third kappa shape index (κ3) is 2.92. The lowest BCUT2D eigenvalue weighted by molar-refractivity contribution is 0.173. The predicted molar refractivity (Wildman–Crippen MR) is 85.4 cm³/mol. The van der Waals surface area contributed by atoms with Crippen molar-refractivity contribution in [2.24, 2.45) is 0 Å². The van der Waals surface area contributed by atoms with Gasteiger partial charge in [0.05, 0.1) is 0 Å². The first kappa shape index (κ1) is 14.2. The molecule has 23 heavy (non-hydrogen) atoms. The summed E-state index contributed by atoms with van der Waals surface area (Å²) in [5, 5.41) is 3.39. The average molecular weight is 313 g/mol. The van der Waals surface area contributed by atoms with Crippen molar-refractivity contribution >= 4 is 0 Å². The van der Waals surface area contributed by atoms with E-state index in [0.29, 0.717) is 19.6 Å². The minimum absolute atomic E-state index is 0.311. The molecule has 0 unspecified atom stereocenters. The highest BCUT2D eigenvalue weighted by Gasteiger charge is 2.17. The smallest absolute Gasteiger partial charge is 0.231 e. The number of hydrogen-bond acceptors (Lipinski definition) is 5. The molecule has 2 aliphatic heterocycles. The van der Waals surface area contributed by atoms with Gasteiger partial charge in [-0.05, 0) is 55.3 Å². The molecule has 0 aromatic heterocycles. The second-order valence-electron chi connectivity index (χ2n) is 5.77. The van der Waals surface area contributed by atoms with E-state index in [4.69, 9.17) is 18.9 Å². The molecule has 0 spiro atoms. The largest absolute Gasteiger partial charge is 0.454 e. The molecule has 0 atom stereocenters. The van der Waals surface area contributed by atoms with Crippen LogP contribution in [0.4, 0.5) is 0 Å². The zero-order valence-corrected chi connectivity index (χ0v) is 13.0. The Labute approximate surface area is 135 Å². The van der Waals surface area contributed by atoms with Crippen molar-refractivity contribution in [3.8, 4) is 23.0 Å². The van der Waals surface area contributed by atoms with E-state index < -0.39 is 0 Å². The van der Waals surface area contributed by atoms with Crippen molar-refractivity contribution < 1.29 is 18.9 Å². The SMILES string of the molecule is CNC(Cc1ccc2c(c1)OCO2)Cc1ccc2c(c1)OCO2. The lowest BCUT2D eigenvalue weighted by Gasteiger charge is -2.17. The molecule has 120 valence electrons. The second-order valence-corrected chi connectivity index (χ2v) is 5.77. The van der Waals surface area contributed by atoms with Gasteiger partial charge in [-0.15, -0.1) is 0 Å². The minimum atomic E-state index is 0.311. The Kier molecular flexibility index (Phi) is 3.71. The molecule has 2 aliphatic rings. The van der Waals surface area contributed by atoms with Gasteiger partial charge in [-0.25, -0.2) is 0 Å². The Morgan fingerprint density at radius 3 is 1.74 bits per heavy atom. The maximum Gasteiger partial charge on any atom is 0.231 e. The van der Waals surface area contributed by atoms with Gasteiger partial charge in [-0.1, -0.05) is 12.1 Å². The van der Waals surface area contributed by atoms with Crippen molar-refractivity contribution in [3.05, 3.63) is 47.5 Å². The molecule has 4 rings (SSSR count). The number of benzene rings is 2. The number of ether oxygens (including phenoxy) is 4. The number of likely N-dealkylation sites (N-methyl/N-ethyl adjacent to an activating group) is 1. The highest BCUT2D eigenvalue weighted by molar-refractivity contribution is 5.46. The summed E-state index contributed by atoms with van der Waals surface area (Å²) in [6, 6.07) is 12.6. The fraction of sp³-hybridized carbons (Fsp3) is 0.333. The Morgan fingerprint density at radius 2 is 1.26 bits per heavy atom. The quantitative estimate of drug-likeness (QED) is 0.919. The zero-order valence-electron chi connectivity index (χ0n) is 13.0. The van der Waals surface area contributed by atoms with Gasteiger partial charge in [0.2, 0.25) is 13.6 Å². The van der Waals surface area contributed by atoms with Gasteiger partial charge in [0.15, 0.2) is 23.0 Å². The van der Waals surface area contributed by atoms with E-state index in [9.17, 15) is 0 Å². The highest BCUT2D eigenvalue weighted by atomic mass is 16.7. The van der Waals surface area contributed by atoms with Crippen LogP contribution in [0.25, 0.3) is 0 Å². The molecular formula is C18H19NO4. The van der Waals surface area contributed by atoms with Gasteiger partial charge in [-0.3, -0.25) is 0 Å². The molecule has 2 aromatic rings. The molecule has 1 N–H and O–H groups in total. The van der Waals surface area contributed by atoms with E-state index in [1.807, 2.05) is 19.2 Å². The summed E-state index contributed by atoms with van der Waals surface area (Å²) in [7, 11) is 1.99. The van der Waals surface area contributed by atoms with Crippen LogP contribution < -0.4 is 24.3 Å². The molecular weight excluding hydrogens is 294 g/mol. The highest BCUT2D eigenvalue weighted by Crippen LogP contribution is 2.34. The molecule has 5 heteroatoms. The van der Waals surface area contributed by atoms with E-state index in [0.717, 1.165) is 35.8 Å². The summed E-state index contributed by atoms with van der Waals surface area (Å²) in [6.45, 7) is 0.622. The summed E-state index contributed by atoms with van der Waals surface area (Å²) >= 11 is 0. The van der Waals surface area contributed by atoms with Gasteiger partial charge in [0, 0.05) is 6.04 Å². The number of rotatable bonds is 5. The van der Waals surface area contributed by atoms with Gasteiger partial charge >= 0.3 is 0 Å². The molecule has 2 heterocycles. The summed E-state index contributed by atoms with van der Waals surface area (Å²) in [5.74, 6) is 3.32. The fourth-order valence-corrected chi connectivity index (χ4v) is 2.98. The van der Waals surface area contributed by atoms with Crippen molar-refractivity contribution in [3.63, 3.8) is 0 Å². The first-order chi connectivity index (χ1) is 11.3. The second kappa shape index (κ2) is 6.01. The number of hydrogen-bond donors (Lipinski definition) is 1. The third-order valence-electron chi connectivity index (χ3n) is 4.25. The summed E-state index contributed by atoms with van der Waals surface area (Å²) < 4.78 is 21.6. The zero-order chi connectivity index (χ0) is 15.6. The van der Waals surface area contributed by atoms with Gasteiger partial charge in [0.1, 0.15) is 0 Å². The minimum Gasteiger partial charge on any atom is -0.454 e. The van der Waals surface area contributed by atoms with Gasteiger partial charge in [0.25, 0.3) is 0 Å². The van der Waals surface area contributed by atoms with E-state index in [-0.39, 0.29) is 0 Å². The topological polar surface area (TPSA) is 49.0 Å². The molecule has 0 saturated heterocycles. The number of fused-ring (bicyclic) bond motifs is 2. The van der Waals surface area contributed by atoms with E-state index >= 15 is 0 Å². The van der Waals surface area contributed by atoms with Crippen molar-refractivity contribution in [1.29, 1.82) is 0 Å². The van der Waals surface area contributed by atoms with Crippen molar-refractivity contribution in [2.75, 3.05) is 20.6 Å². The van der Waals surface area contributed by atoms with Crippen LogP contribution in [0, 0.1) is 0 Å². The average Bonchev–Trinajstić information content (AvgIpc) is 3.22. The molecule has 0 amide bonds. The van der Waals surface area contributed by atoms with Crippen LogP contribution in [-0.4, -0.2) is 26.7 Å². The normalized spacial score (nSPS) is 14.5. The standard InChI is InChI=1S/C18H19NO4/c1-19-14(6-12-2-4-15-17(8-12)22-10-20-15)7-13-3-5-16-18(9-13)23-11-21-16/h2-5,8-9,14,19H,6-7,10-11H2,1H3. The molecule has 0 aliphatic carbocycles. The van der Waals surface area contributed by atoms with Gasteiger partial charge < -0.3 is 24.3 Å². The maximum atomic E-state index is 5.45. The maximum absolute atomic E-state index is 5.45. The molecule has 0 saturated carbocycles. The van der Waals surface area contributed by atoms with Crippen molar-refractivity contribution in [2.45, 2.75) is 18.9 Å². The summed E-state index contributed by atoms with van der Waals surface area (Å²) in [6.07, 6.45) is 1.84. The van der Waals surface area contributed by atoms with Crippen LogP contribution in [0.15, 0.2) is 36.4 Å². The molecule has 0 fully saturated rings. The first-order valence-corrected chi connectivity index (χ1v) is 7.76. The third-order valence-corrected chi connectivity index (χ3v) is 4.25. The summed E-state index contributed by atoms with van der Waals surface area (Å²) in [5.41, 5.74) is 2.46. The molecule has 2 aromatic carbocycles.